The van der Waals surface area contributed by atoms with Gasteiger partial charge in [-0.1, -0.05) is 31.2 Å². The highest BCUT2D eigenvalue weighted by Crippen LogP contribution is 2.22. The van der Waals surface area contributed by atoms with E-state index in [2.05, 4.69) is 40.7 Å². The highest BCUT2D eigenvalue weighted by molar-refractivity contribution is 5.60. The number of nitrogens with zero attached hydrogens (tertiary/aromatic N) is 3. The molecule has 0 saturated heterocycles. The van der Waals surface area contributed by atoms with E-state index in [1.807, 2.05) is 12.1 Å². The molecule has 0 aliphatic heterocycles. The molecule has 0 unspecified atom stereocenters. The largest absolute Gasteiger partial charge is 0.324 e. The van der Waals surface area contributed by atoms with Crippen molar-refractivity contribution < 1.29 is 0 Å². The number of nitrogens with two attached hydrogens (primary N) is 1. The van der Waals surface area contributed by atoms with Gasteiger partial charge in [0.05, 0.1) is 6.54 Å². The minimum absolute atomic E-state index is 0.429. The van der Waals surface area contributed by atoms with Crippen LogP contribution < -0.4 is 5.73 Å². The monoisotopic (exact) mass is 230 g/mol. The van der Waals surface area contributed by atoms with Gasteiger partial charge >= 0.3 is 0 Å². The van der Waals surface area contributed by atoms with Crippen LogP contribution in [0.25, 0.3) is 11.4 Å². The quantitative estimate of drug-likeness (QED) is 0.875. The summed E-state index contributed by atoms with van der Waals surface area (Å²) in [6.07, 6.45) is 1.05. The lowest BCUT2D eigenvalue weighted by molar-refractivity contribution is 0.643. The number of aromatic nitrogens is 3. The van der Waals surface area contributed by atoms with Gasteiger partial charge in [-0.2, -0.15) is 0 Å². The highest BCUT2D eigenvalue weighted by Gasteiger charge is 2.13. The van der Waals surface area contributed by atoms with E-state index in [9.17, 15) is 0 Å². The summed E-state index contributed by atoms with van der Waals surface area (Å²) in [4.78, 5) is 0. The molecule has 2 N–H and O–H groups in total. The van der Waals surface area contributed by atoms with Crippen LogP contribution in [0.2, 0.25) is 0 Å². The van der Waals surface area contributed by atoms with Gasteiger partial charge in [-0.25, -0.2) is 0 Å². The van der Waals surface area contributed by atoms with Crippen molar-refractivity contribution in [3.63, 3.8) is 0 Å². The number of hydrogen-bond donors (Lipinski definition) is 1. The second kappa shape index (κ2) is 5.10. The Kier molecular flexibility index (Phi) is 3.54. The van der Waals surface area contributed by atoms with Crippen molar-refractivity contribution in [2.75, 3.05) is 0 Å². The third kappa shape index (κ3) is 2.22. The van der Waals surface area contributed by atoms with Gasteiger partial charge in [0.25, 0.3) is 0 Å². The van der Waals surface area contributed by atoms with Crippen LogP contribution >= 0.6 is 0 Å². The number of benzene rings is 1. The molecule has 1 aromatic carbocycles. The van der Waals surface area contributed by atoms with Crippen molar-refractivity contribution in [1.82, 2.24) is 14.8 Å². The number of aryl methyl sites for hydroxylation is 1. The molecule has 0 amide bonds. The second-order valence-corrected chi connectivity index (χ2v) is 4.11. The molecule has 17 heavy (non-hydrogen) atoms. The normalized spacial score (nSPS) is 10.8. The smallest absolute Gasteiger partial charge is 0.164 e. The van der Waals surface area contributed by atoms with Gasteiger partial charge in [-0.15, -0.1) is 10.2 Å². The molecule has 1 heterocycles. The van der Waals surface area contributed by atoms with E-state index in [1.165, 1.54) is 5.56 Å². The molecule has 1 aromatic heterocycles. The molecule has 0 bridgehead atoms. The van der Waals surface area contributed by atoms with Crippen LogP contribution in [0.1, 0.15) is 24.7 Å². The predicted molar refractivity (Wildman–Crippen MR) is 68.4 cm³/mol. The molecule has 0 aliphatic rings. The Morgan fingerprint density at radius 1 is 1.24 bits per heavy atom. The minimum Gasteiger partial charge on any atom is -0.324 e. The molecule has 0 fully saturated rings. The Labute approximate surface area is 101 Å². The Morgan fingerprint density at radius 3 is 2.65 bits per heavy atom. The maximum absolute atomic E-state index is 5.69. The van der Waals surface area contributed by atoms with Gasteiger partial charge in [0.15, 0.2) is 5.82 Å². The van der Waals surface area contributed by atoms with Crippen molar-refractivity contribution in [1.29, 1.82) is 0 Å². The van der Waals surface area contributed by atoms with Crippen molar-refractivity contribution in [3.05, 3.63) is 35.7 Å². The third-order valence-electron chi connectivity index (χ3n) is 2.84. The average molecular weight is 230 g/mol. The first-order valence-electron chi connectivity index (χ1n) is 5.96. The molecule has 2 aromatic rings. The Balaban J connectivity index is 2.52. The van der Waals surface area contributed by atoms with E-state index in [1.54, 1.807) is 0 Å². The standard InChI is InChI=1S/C13H18N4/c1-3-8-17-12(9-14)15-16-13(17)11-7-5-4-6-10(11)2/h4-7H,3,8-9,14H2,1-2H3. The first-order chi connectivity index (χ1) is 8.27. The summed E-state index contributed by atoms with van der Waals surface area (Å²) < 4.78 is 2.11. The molecule has 2 rings (SSSR count). The molecule has 4 heteroatoms. The molecular weight excluding hydrogens is 212 g/mol. The van der Waals surface area contributed by atoms with Crippen molar-refractivity contribution >= 4 is 0 Å². The Morgan fingerprint density at radius 2 is 2.00 bits per heavy atom. The van der Waals surface area contributed by atoms with Crippen LogP contribution in [0.4, 0.5) is 0 Å². The van der Waals surface area contributed by atoms with E-state index in [0.29, 0.717) is 6.54 Å². The molecule has 90 valence electrons. The summed E-state index contributed by atoms with van der Waals surface area (Å²) in [5.74, 6) is 1.77. The molecule has 0 radical (unpaired) electrons. The lowest BCUT2D eigenvalue weighted by Gasteiger charge is -2.09. The summed E-state index contributed by atoms with van der Waals surface area (Å²) in [5.41, 5.74) is 8.03. The maximum atomic E-state index is 5.69. The van der Waals surface area contributed by atoms with E-state index in [-0.39, 0.29) is 0 Å². The number of rotatable bonds is 4. The average Bonchev–Trinajstić information content (AvgIpc) is 2.73. The van der Waals surface area contributed by atoms with Crippen molar-refractivity contribution in [2.45, 2.75) is 33.4 Å². The Hall–Kier alpha value is -1.68. The fraction of sp³-hybridized carbons (Fsp3) is 0.385. The zero-order valence-electron chi connectivity index (χ0n) is 10.3. The first kappa shape index (κ1) is 11.8. The zero-order chi connectivity index (χ0) is 12.3. The van der Waals surface area contributed by atoms with Gasteiger partial charge in [0.2, 0.25) is 0 Å². The maximum Gasteiger partial charge on any atom is 0.164 e. The van der Waals surface area contributed by atoms with Gasteiger partial charge in [-0.3, -0.25) is 0 Å². The topological polar surface area (TPSA) is 56.7 Å². The van der Waals surface area contributed by atoms with Gasteiger partial charge in [-0.05, 0) is 18.9 Å². The summed E-state index contributed by atoms with van der Waals surface area (Å²) in [6, 6.07) is 8.22. The van der Waals surface area contributed by atoms with E-state index in [4.69, 9.17) is 5.73 Å². The van der Waals surface area contributed by atoms with E-state index < -0.39 is 0 Å². The van der Waals surface area contributed by atoms with Crippen LogP contribution in [0.15, 0.2) is 24.3 Å². The highest BCUT2D eigenvalue weighted by atomic mass is 15.3. The van der Waals surface area contributed by atoms with Crippen LogP contribution in [0.3, 0.4) is 0 Å². The van der Waals surface area contributed by atoms with Crippen LogP contribution in [-0.2, 0) is 13.1 Å². The zero-order valence-corrected chi connectivity index (χ0v) is 10.3. The summed E-state index contributed by atoms with van der Waals surface area (Å²) >= 11 is 0. The van der Waals surface area contributed by atoms with Gasteiger partial charge in [0.1, 0.15) is 5.82 Å². The van der Waals surface area contributed by atoms with Crippen molar-refractivity contribution in [2.24, 2.45) is 5.73 Å². The summed E-state index contributed by atoms with van der Waals surface area (Å²) in [5, 5.41) is 8.43. The van der Waals surface area contributed by atoms with Crippen LogP contribution in [0.5, 0.6) is 0 Å². The first-order valence-corrected chi connectivity index (χ1v) is 5.96. The van der Waals surface area contributed by atoms with Crippen LogP contribution in [-0.4, -0.2) is 14.8 Å². The summed E-state index contributed by atoms with van der Waals surface area (Å²) in [7, 11) is 0. The second-order valence-electron chi connectivity index (χ2n) is 4.11. The third-order valence-corrected chi connectivity index (χ3v) is 2.84. The Bertz CT molecular complexity index is 502. The molecule has 4 nitrogen and oxygen atoms in total. The van der Waals surface area contributed by atoms with E-state index in [0.717, 1.165) is 30.2 Å². The fourth-order valence-electron chi connectivity index (χ4n) is 1.97. The number of hydrogen-bond acceptors (Lipinski definition) is 3. The predicted octanol–water partition coefficient (Wildman–Crippen LogP) is 2.12. The van der Waals surface area contributed by atoms with Crippen LogP contribution in [0, 0.1) is 6.92 Å². The molecule has 0 saturated carbocycles. The molecule has 0 aliphatic carbocycles. The summed E-state index contributed by atoms with van der Waals surface area (Å²) in [6.45, 7) is 5.56. The van der Waals surface area contributed by atoms with Gasteiger partial charge < -0.3 is 10.3 Å². The fourth-order valence-corrected chi connectivity index (χ4v) is 1.97. The lowest BCUT2D eigenvalue weighted by atomic mass is 10.1. The SMILES string of the molecule is CCCn1c(CN)nnc1-c1ccccc1C. The van der Waals surface area contributed by atoms with Gasteiger partial charge in [0, 0.05) is 12.1 Å². The molecular formula is C13H18N4. The lowest BCUT2D eigenvalue weighted by Crippen LogP contribution is -2.09. The van der Waals surface area contributed by atoms with Crippen molar-refractivity contribution in [3.8, 4) is 11.4 Å². The van der Waals surface area contributed by atoms with E-state index >= 15 is 0 Å². The minimum atomic E-state index is 0.429. The molecule has 0 spiro atoms. The molecule has 0 atom stereocenters.